The van der Waals surface area contributed by atoms with E-state index in [0.29, 0.717) is 11.6 Å². The summed E-state index contributed by atoms with van der Waals surface area (Å²) >= 11 is 0. The molecule has 0 fully saturated rings. The molecule has 15 heavy (non-hydrogen) atoms. The van der Waals surface area contributed by atoms with E-state index in [-0.39, 0.29) is 6.61 Å². The first-order chi connectivity index (χ1) is 7.33. The lowest BCUT2D eigenvalue weighted by Crippen LogP contribution is -1.85. The summed E-state index contributed by atoms with van der Waals surface area (Å²) < 4.78 is 10.3. The van der Waals surface area contributed by atoms with Crippen LogP contribution in [0, 0.1) is 0 Å². The lowest BCUT2D eigenvalue weighted by molar-refractivity contribution is 0.276. The van der Waals surface area contributed by atoms with E-state index in [1.54, 1.807) is 7.11 Å². The Kier molecular flexibility index (Phi) is 2.69. The number of hydrogen-bond donors (Lipinski definition) is 1. The molecule has 4 heteroatoms. The normalized spacial score (nSPS) is 10.3. The van der Waals surface area contributed by atoms with Crippen molar-refractivity contribution in [2.75, 3.05) is 7.11 Å². The zero-order valence-corrected chi connectivity index (χ0v) is 8.30. The Hall–Kier alpha value is -1.81. The molecule has 0 bridgehead atoms. The van der Waals surface area contributed by atoms with Gasteiger partial charge in [0.25, 0.3) is 0 Å². The van der Waals surface area contributed by atoms with Crippen molar-refractivity contribution in [3.63, 3.8) is 0 Å². The van der Waals surface area contributed by atoms with Gasteiger partial charge in [0.15, 0.2) is 0 Å². The largest absolute Gasteiger partial charge is 0.497 e. The Morgan fingerprint density at radius 3 is 3.00 bits per heavy atom. The van der Waals surface area contributed by atoms with E-state index in [9.17, 15) is 0 Å². The summed E-state index contributed by atoms with van der Waals surface area (Å²) in [6.07, 6.45) is 1.44. The number of methoxy groups -OCH3 is 1. The highest BCUT2D eigenvalue weighted by atomic mass is 16.5. The molecule has 0 saturated carbocycles. The standard InChI is InChI=1S/C11H11NO3/c1-14-10-4-2-3-8(5-10)11-12-9(6-13)7-15-11/h2-5,7,13H,6H2,1H3. The molecule has 0 aliphatic rings. The summed E-state index contributed by atoms with van der Waals surface area (Å²) in [5.41, 5.74) is 1.35. The Labute approximate surface area is 87.1 Å². The minimum absolute atomic E-state index is 0.118. The minimum Gasteiger partial charge on any atom is -0.497 e. The van der Waals surface area contributed by atoms with Crippen molar-refractivity contribution in [2.45, 2.75) is 6.61 Å². The first-order valence-electron chi connectivity index (χ1n) is 4.53. The molecule has 1 N–H and O–H groups in total. The van der Waals surface area contributed by atoms with E-state index in [1.165, 1.54) is 6.26 Å². The molecule has 0 saturated heterocycles. The number of aliphatic hydroxyl groups is 1. The number of nitrogens with zero attached hydrogens (tertiary/aromatic N) is 1. The molecule has 0 radical (unpaired) electrons. The zero-order chi connectivity index (χ0) is 10.7. The van der Waals surface area contributed by atoms with Crippen molar-refractivity contribution in [1.82, 2.24) is 4.98 Å². The molecule has 0 aliphatic heterocycles. The molecule has 2 rings (SSSR count). The summed E-state index contributed by atoms with van der Waals surface area (Å²) in [4.78, 5) is 4.10. The van der Waals surface area contributed by atoms with Gasteiger partial charge in [0.1, 0.15) is 17.7 Å². The predicted molar refractivity (Wildman–Crippen MR) is 54.4 cm³/mol. The van der Waals surface area contributed by atoms with Crippen molar-refractivity contribution in [1.29, 1.82) is 0 Å². The molecule has 0 aliphatic carbocycles. The fourth-order valence-corrected chi connectivity index (χ4v) is 1.27. The Balaban J connectivity index is 2.35. The van der Waals surface area contributed by atoms with E-state index < -0.39 is 0 Å². The van der Waals surface area contributed by atoms with Crippen molar-refractivity contribution in [2.24, 2.45) is 0 Å². The van der Waals surface area contributed by atoms with Crippen LogP contribution in [-0.2, 0) is 6.61 Å². The average Bonchev–Trinajstić information content (AvgIpc) is 2.78. The predicted octanol–water partition coefficient (Wildman–Crippen LogP) is 1.84. The van der Waals surface area contributed by atoms with Gasteiger partial charge in [-0.1, -0.05) is 6.07 Å². The summed E-state index contributed by atoms with van der Waals surface area (Å²) in [7, 11) is 1.60. The third kappa shape index (κ3) is 1.99. The van der Waals surface area contributed by atoms with E-state index in [2.05, 4.69) is 4.98 Å². The monoisotopic (exact) mass is 205 g/mol. The molecular weight excluding hydrogens is 194 g/mol. The van der Waals surface area contributed by atoms with Crippen LogP contribution in [0.4, 0.5) is 0 Å². The SMILES string of the molecule is COc1cccc(-c2nc(CO)co2)c1. The van der Waals surface area contributed by atoms with Gasteiger partial charge in [0, 0.05) is 5.56 Å². The maximum Gasteiger partial charge on any atom is 0.226 e. The quantitative estimate of drug-likeness (QED) is 0.830. The van der Waals surface area contributed by atoms with Crippen LogP contribution in [0.1, 0.15) is 5.69 Å². The summed E-state index contributed by atoms with van der Waals surface area (Å²) in [5.74, 6) is 1.23. The summed E-state index contributed by atoms with van der Waals surface area (Å²) in [6, 6.07) is 7.40. The van der Waals surface area contributed by atoms with Gasteiger partial charge in [-0.15, -0.1) is 0 Å². The van der Waals surface area contributed by atoms with Crippen LogP contribution < -0.4 is 4.74 Å². The maximum absolute atomic E-state index is 8.85. The lowest BCUT2D eigenvalue weighted by Gasteiger charge is -2.00. The highest BCUT2D eigenvalue weighted by Crippen LogP contribution is 2.22. The Bertz CT molecular complexity index is 451. The third-order valence-electron chi connectivity index (χ3n) is 2.03. The minimum atomic E-state index is -0.118. The number of hydrogen-bond acceptors (Lipinski definition) is 4. The van der Waals surface area contributed by atoms with Gasteiger partial charge in [-0.2, -0.15) is 0 Å². The number of aromatic nitrogens is 1. The van der Waals surface area contributed by atoms with Gasteiger partial charge < -0.3 is 14.3 Å². The second-order valence-electron chi connectivity index (χ2n) is 3.03. The van der Waals surface area contributed by atoms with E-state index >= 15 is 0 Å². The number of oxazole rings is 1. The van der Waals surface area contributed by atoms with Crippen LogP contribution in [0.5, 0.6) is 5.75 Å². The molecule has 0 atom stereocenters. The van der Waals surface area contributed by atoms with Crippen LogP contribution in [0.3, 0.4) is 0 Å². The highest BCUT2D eigenvalue weighted by Gasteiger charge is 2.06. The maximum atomic E-state index is 8.85. The second-order valence-corrected chi connectivity index (χ2v) is 3.03. The third-order valence-corrected chi connectivity index (χ3v) is 2.03. The summed E-state index contributed by atoms with van der Waals surface area (Å²) in [6.45, 7) is -0.118. The number of rotatable bonds is 3. The molecule has 2 aromatic rings. The van der Waals surface area contributed by atoms with Crippen LogP contribution in [-0.4, -0.2) is 17.2 Å². The smallest absolute Gasteiger partial charge is 0.226 e. The lowest BCUT2D eigenvalue weighted by atomic mass is 10.2. The van der Waals surface area contributed by atoms with E-state index in [4.69, 9.17) is 14.3 Å². The molecule has 0 spiro atoms. The van der Waals surface area contributed by atoms with Gasteiger partial charge >= 0.3 is 0 Å². The topological polar surface area (TPSA) is 55.5 Å². The average molecular weight is 205 g/mol. The van der Waals surface area contributed by atoms with Crippen molar-refractivity contribution in [3.8, 4) is 17.2 Å². The molecule has 1 aromatic heterocycles. The van der Waals surface area contributed by atoms with E-state index in [0.717, 1.165) is 11.3 Å². The Morgan fingerprint density at radius 2 is 2.33 bits per heavy atom. The molecule has 4 nitrogen and oxygen atoms in total. The van der Waals surface area contributed by atoms with Crippen molar-refractivity contribution < 1.29 is 14.3 Å². The molecule has 1 heterocycles. The van der Waals surface area contributed by atoms with E-state index in [1.807, 2.05) is 24.3 Å². The number of aliphatic hydroxyl groups excluding tert-OH is 1. The molecular formula is C11H11NO3. The van der Waals surface area contributed by atoms with Crippen LogP contribution in [0.25, 0.3) is 11.5 Å². The van der Waals surface area contributed by atoms with Gasteiger partial charge in [-0.05, 0) is 18.2 Å². The van der Waals surface area contributed by atoms with Crippen molar-refractivity contribution >= 4 is 0 Å². The van der Waals surface area contributed by atoms with Crippen molar-refractivity contribution in [3.05, 3.63) is 36.2 Å². The fourth-order valence-electron chi connectivity index (χ4n) is 1.27. The van der Waals surface area contributed by atoms with Gasteiger partial charge in [-0.25, -0.2) is 4.98 Å². The molecule has 0 amide bonds. The first kappa shape index (κ1) is 9.73. The van der Waals surface area contributed by atoms with Crippen LogP contribution in [0.2, 0.25) is 0 Å². The second kappa shape index (κ2) is 4.14. The molecule has 78 valence electrons. The fraction of sp³-hybridized carbons (Fsp3) is 0.182. The number of ether oxygens (including phenoxy) is 1. The zero-order valence-electron chi connectivity index (χ0n) is 8.30. The molecule has 0 unspecified atom stereocenters. The highest BCUT2D eigenvalue weighted by molar-refractivity contribution is 5.55. The number of benzene rings is 1. The van der Waals surface area contributed by atoms with Gasteiger partial charge in [-0.3, -0.25) is 0 Å². The van der Waals surface area contributed by atoms with Gasteiger partial charge in [0.2, 0.25) is 5.89 Å². The molecule has 1 aromatic carbocycles. The van der Waals surface area contributed by atoms with Crippen LogP contribution >= 0.6 is 0 Å². The summed E-state index contributed by atoms with van der Waals surface area (Å²) in [5, 5.41) is 8.85. The van der Waals surface area contributed by atoms with Crippen LogP contribution in [0.15, 0.2) is 34.9 Å². The first-order valence-corrected chi connectivity index (χ1v) is 4.53. The Morgan fingerprint density at radius 1 is 1.47 bits per heavy atom. The van der Waals surface area contributed by atoms with Gasteiger partial charge in [0.05, 0.1) is 13.7 Å².